The first-order valence-corrected chi connectivity index (χ1v) is 10.4. The van der Waals surface area contributed by atoms with Crippen molar-refractivity contribution in [3.8, 4) is 17.0 Å². The molecule has 4 aromatic rings. The summed E-state index contributed by atoms with van der Waals surface area (Å²) in [7, 11) is 1.44. The molecule has 0 bridgehead atoms. The molecule has 0 saturated carbocycles. The number of halogens is 2. The second-order valence-electron chi connectivity index (χ2n) is 6.75. The van der Waals surface area contributed by atoms with Gasteiger partial charge in [-0.05, 0) is 36.4 Å². The van der Waals surface area contributed by atoms with Crippen molar-refractivity contribution in [3.63, 3.8) is 0 Å². The van der Waals surface area contributed by atoms with Gasteiger partial charge in [-0.15, -0.1) is 0 Å². The van der Waals surface area contributed by atoms with Crippen molar-refractivity contribution < 1.29 is 9.53 Å². The van der Waals surface area contributed by atoms with E-state index in [2.05, 4.69) is 20.6 Å². The average molecular weight is 465 g/mol. The van der Waals surface area contributed by atoms with Gasteiger partial charge in [-0.2, -0.15) is 0 Å². The van der Waals surface area contributed by atoms with Crippen LogP contribution in [0.3, 0.4) is 0 Å². The summed E-state index contributed by atoms with van der Waals surface area (Å²) in [6.45, 7) is 0. The molecule has 1 heterocycles. The maximum absolute atomic E-state index is 12.7. The summed E-state index contributed by atoms with van der Waals surface area (Å²) in [6.07, 6.45) is 1.52. The summed E-state index contributed by atoms with van der Waals surface area (Å²) in [5, 5.41) is 6.60. The molecule has 6 nitrogen and oxygen atoms in total. The number of benzene rings is 3. The Hall–Kier alpha value is -3.61. The summed E-state index contributed by atoms with van der Waals surface area (Å²) >= 11 is 12.3. The standard InChI is InChI=1S/C24H18Cl2N4O2/c1-32-23-19(26)12-11-18(25)22(23)24(31)30-17-9-7-16(8-10-17)29-21-13-20(27-14-28-21)15-5-3-2-4-6-15/h2-14H,1H3,(H,30,31)(H,27,28,29). The average Bonchev–Trinajstić information content (AvgIpc) is 2.82. The lowest BCUT2D eigenvalue weighted by Gasteiger charge is -2.13. The Morgan fingerprint density at radius 3 is 2.28 bits per heavy atom. The van der Waals surface area contributed by atoms with Gasteiger partial charge in [0.2, 0.25) is 0 Å². The zero-order valence-corrected chi connectivity index (χ0v) is 18.5. The first-order valence-electron chi connectivity index (χ1n) is 9.63. The lowest BCUT2D eigenvalue weighted by Crippen LogP contribution is -2.14. The highest BCUT2D eigenvalue weighted by molar-refractivity contribution is 6.37. The van der Waals surface area contributed by atoms with Crippen LogP contribution in [0.25, 0.3) is 11.3 Å². The fraction of sp³-hybridized carbons (Fsp3) is 0.0417. The van der Waals surface area contributed by atoms with Gasteiger partial charge in [-0.1, -0.05) is 53.5 Å². The van der Waals surface area contributed by atoms with Crippen molar-refractivity contribution in [2.24, 2.45) is 0 Å². The molecule has 2 N–H and O–H groups in total. The molecule has 0 saturated heterocycles. The van der Waals surface area contributed by atoms with Crippen molar-refractivity contribution in [1.82, 2.24) is 9.97 Å². The van der Waals surface area contributed by atoms with Gasteiger partial charge in [0.25, 0.3) is 5.91 Å². The van der Waals surface area contributed by atoms with Crippen molar-refractivity contribution in [2.75, 3.05) is 17.7 Å². The number of rotatable bonds is 6. The lowest BCUT2D eigenvalue weighted by molar-refractivity contribution is 0.102. The number of aromatic nitrogens is 2. The molecule has 160 valence electrons. The highest BCUT2D eigenvalue weighted by Crippen LogP contribution is 2.34. The molecule has 1 aromatic heterocycles. The number of nitrogens with zero attached hydrogens (tertiary/aromatic N) is 2. The van der Waals surface area contributed by atoms with Gasteiger partial charge in [-0.25, -0.2) is 9.97 Å². The number of amides is 1. The maximum atomic E-state index is 12.7. The molecule has 0 aliphatic rings. The normalized spacial score (nSPS) is 10.5. The van der Waals surface area contributed by atoms with Crippen LogP contribution in [-0.2, 0) is 0 Å². The Balaban J connectivity index is 1.48. The Bertz CT molecular complexity index is 1250. The van der Waals surface area contributed by atoms with E-state index in [0.717, 1.165) is 16.9 Å². The molecule has 0 atom stereocenters. The highest BCUT2D eigenvalue weighted by atomic mass is 35.5. The Labute approximate surface area is 195 Å². The number of ether oxygens (including phenoxy) is 1. The van der Waals surface area contributed by atoms with Gasteiger partial charge >= 0.3 is 0 Å². The van der Waals surface area contributed by atoms with Crippen LogP contribution in [-0.4, -0.2) is 23.0 Å². The molecule has 3 aromatic carbocycles. The predicted octanol–water partition coefficient (Wildman–Crippen LogP) is 6.45. The van der Waals surface area contributed by atoms with Crippen molar-refractivity contribution in [2.45, 2.75) is 0 Å². The second kappa shape index (κ2) is 9.68. The first-order chi connectivity index (χ1) is 15.5. The topological polar surface area (TPSA) is 76.1 Å². The van der Waals surface area contributed by atoms with Crippen LogP contribution in [0.1, 0.15) is 10.4 Å². The van der Waals surface area contributed by atoms with E-state index in [1.165, 1.54) is 13.4 Å². The van der Waals surface area contributed by atoms with Gasteiger partial charge in [0.05, 0.1) is 22.8 Å². The minimum Gasteiger partial charge on any atom is -0.494 e. The van der Waals surface area contributed by atoms with E-state index >= 15 is 0 Å². The van der Waals surface area contributed by atoms with E-state index in [4.69, 9.17) is 27.9 Å². The van der Waals surface area contributed by atoms with Crippen molar-refractivity contribution in [3.05, 3.63) is 94.7 Å². The minimum absolute atomic E-state index is 0.179. The Morgan fingerprint density at radius 2 is 1.56 bits per heavy atom. The second-order valence-corrected chi connectivity index (χ2v) is 7.56. The fourth-order valence-electron chi connectivity index (χ4n) is 3.12. The molecule has 32 heavy (non-hydrogen) atoms. The summed E-state index contributed by atoms with van der Waals surface area (Å²) in [6, 6.07) is 22.1. The van der Waals surface area contributed by atoms with Crippen LogP contribution in [0.5, 0.6) is 5.75 Å². The quantitative estimate of drug-likeness (QED) is 0.342. The number of carbonyl (C=O) groups excluding carboxylic acids is 1. The van der Waals surface area contributed by atoms with E-state index in [1.807, 2.05) is 48.5 Å². The number of methoxy groups -OCH3 is 1. The number of carbonyl (C=O) groups is 1. The molecule has 0 fully saturated rings. The third kappa shape index (κ3) is 4.82. The lowest BCUT2D eigenvalue weighted by atomic mass is 10.1. The minimum atomic E-state index is -0.418. The van der Waals surface area contributed by atoms with Crippen LogP contribution in [0.15, 0.2) is 79.1 Å². The number of hydrogen-bond acceptors (Lipinski definition) is 5. The van der Waals surface area contributed by atoms with E-state index in [1.54, 1.807) is 24.3 Å². The largest absolute Gasteiger partial charge is 0.494 e. The van der Waals surface area contributed by atoms with Crippen LogP contribution < -0.4 is 15.4 Å². The van der Waals surface area contributed by atoms with Gasteiger partial charge in [0.1, 0.15) is 17.7 Å². The van der Waals surface area contributed by atoms with Gasteiger partial charge < -0.3 is 15.4 Å². The fourth-order valence-corrected chi connectivity index (χ4v) is 3.58. The van der Waals surface area contributed by atoms with Crippen LogP contribution in [0.4, 0.5) is 17.2 Å². The number of nitrogens with one attached hydrogen (secondary N) is 2. The van der Waals surface area contributed by atoms with Gasteiger partial charge in [0.15, 0.2) is 5.75 Å². The van der Waals surface area contributed by atoms with Gasteiger partial charge in [0, 0.05) is 23.0 Å². The van der Waals surface area contributed by atoms with E-state index in [-0.39, 0.29) is 16.3 Å². The highest BCUT2D eigenvalue weighted by Gasteiger charge is 2.19. The molecule has 8 heteroatoms. The van der Waals surface area contributed by atoms with Crippen molar-refractivity contribution in [1.29, 1.82) is 0 Å². The number of anilines is 3. The van der Waals surface area contributed by atoms with Crippen LogP contribution >= 0.6 is 23.2 Å². The molecule has 0 aliphatic heterocycles. The number of hydrogen-bond donors (Lipinski definition) is 2. The first kappa shape index (κ1) is 21.6. The van der Waals surface area contributed by atoms with Crippen molar-refractivity contribution >= 4 is 46.3 Å². The summed E-state index contributed by atoms with van der Waals surface area (Å²) in [5.41, 5.74) is 3.40. The van der Waals surface area contributed by atoms with Crippen LogP contribution in [0.2, 0.25) is 10.0 Å². The Kier molecular flexibility index (Phi) is 6.54. The molecule has 0 aliphatic carbocycles. The molecular formula is C24H18Cl2N4O2. The third-order valence-corrected chi connectivity index (χ3v) is 5.25. The van der Waals surface area contributed by atoms with E-state index in [0.29, 0.717) is 16.5 Å². The smallest absolute Gasteiger partial charge is 0.261 e. The van der Waals surface area contributed by atoms with E-state index in [9.17, 15) is 4.79 Å². The Morgan fingerprint density at radius 1 is 0.875 bits per heavy atom. The summed E-state index contributed by atoms with van der Waals surface area (Å²) < 4.78 is 5.24. The SMILES string of the molecule is COc1c(Cl)ccc(Cl)c1C(=O)Nc1ccc(Nc2cc(-c3ccccc3)ncn2)cc1. The van der Waals surface area contributed by atoms with E-state index < -0.39 is 5.91 Å². The zero-order chi connectivity index (χ0) is 22.5. The monoisotopic (exact) mass is 464 g/mol. The molecule has 0 spiro atoms. The molecular weight excluding hydrogens is 447 g/mol. The maximum Gasteiger partial charge on any atom is 0.261 e. The third-order valence-electron chi connectivity index (χ3n) is 4.64. The molecule has 4 rings (SSSR count). The zero-order valence-electron chi connectivity index (χ0n) is 17.0. The molecule has 1 amide bonds. The molecule has 0 unspecified atom stereocenters. The predicted molar refractivity (Wildman–Crippen MR) is 128 cm³/mol. The summed E-state index contributed by atoms with van der Waals surface area (Å²) in [5.74, 6) is 0.470. The van der Waals surface area contributed by atoms with Gasteiger partial charge in [-0.3, -0.25) is 4.79 Å². The molecule has 0 radical (unpaired) electrons. The van der Waals surface area contributed by atoms with Crippen LogP contribution in [0, 0.1) is 0 Å². The summed E-state index contributed by atoms with van der Waals surface area (Å²) in [4.78, 5) is 21.3.